The molecule has 1 heterocycles. The monoisotopic (exact) mass is 454 g/mol. The van der Waals surface area contributed by atoms with Crippen LogP contribution in [0.25, 0.3) is 0 Å². The molecule has 32 heavy (non-hydrogen) atoms. The van der Waals surface area contributed by atoms with E-state index in [0.717, 1.165) is 19.3 Å². The second-order valence-corrected chi connectivity index (χ2v) is 10.6. The molecule has 0 bridgehead atoms. The number of aliphatic hydroxyl groups excluding tert-OH is 1. The van der Waals surface area contributed by atoms with Crippen molar-refractivity contribution in [3.63, 3.8) is 0 Å². The van der Waals surface area contributed by atoms with Gasteiger partial charge in [-0.3, -0.25) is 4.79 Å². The van der Waals surface area contributed by atoms with Gasteiger partial charge in [0.1, 0.15) is 17.3 Å². The van der Waals surface area contributed by atoms with E-state index in [0.29, 0.717) is 12.0 Å². The fraction of sp³-hybridized carbons (Fsp3) is 0.880. The minimum absolute atomic E-state index is 0.00761. The third kappa shape index (κ3) is 4.39. The summed E-state index contributed by atoms with van der Waals surface area (Å²) in [5.41, 5.74) is -3.33. The molecule has 7 nitrogen and oxygen atoms in total. The molecule has 0 aromatic carbocycles. The van der Waals surface area contributed by atoms with Gasteiger partial charge in [-0.25, -0.2) is 0 Å². The predicted octanol–water partition coefficient (Wildman–Crippen LogP) is 2.83. The van der Waals surface area contributed by atoms with Crippen LogP contribution in [-0.2, 0) is 14.3 Å². The molecular weight excluding hydrogens is 412 g/mol. The molecule has 184 valence electrons. The van der Waals surface area contributed by atoms with E-state index in [-0.39, 0.29) is 37.7 Å². The van der Waals surface area contributed by atoms with E-state index in [9.17, 15) is 25.2 Å². The van der Waals surface area contributed by atoms with Crippen LogP contribution in [0.1, 0.15) is 85.0 Å². The zero-order valence-corrected chi connectivity index (χ0v) is 19.9. The summed E-state index contributed by atoms with van der Waals surface area (Å²) in [6.07, 6.45) is 5.79. The number of carbonyl (C=O) groups is 1. The van der Waals surface area contributed by atoms with Gasteiger partial charge in [0.15, 0.2) is 5.79 Å². The second kappa shape index (κ2) is 9.71. The van der Waals surface area contributed by atoms with E-state index in [1.165, 1.54) is 26.2 Å². The van der Waals surface area contributed by atoms with Crippen LogP contribution >= 0.6 is 0 Å². The first-order valence-corrected chi connectivity index (χ1v) is 12.4. The molecule has 3 rings (SSSR count). The maximum absolute atomic E-state index is 12.7. The van der Waals surface area contributed by atoms with E-state index in [1.807, 2.05) is 6.92 Å². The highest BCUT2D eigenvalue weighted by Crippen LogP contribution is 2.60. The third-order valence-corrected chi connectivity index (χ3v) is 8.21. The SMILES string of the molecule is C=C1COC2(O)CC(C)C3CC(O)C(C)(O)C(OC(=O)CCCCCCCCC)C3C12O. The molecule has 8 unspecified atom stereocenters. The largest absolute Gasteiger partial charge is 0.459 e. The zero-order valence-electron chi connectivity index (χ0n) is 19.9. The summed E-state index contributed by atoms with van der Waals surface area (Å²) in [7, 11) is 0. The number of esters is 1. The Hall–Kier alpha value is -0.990. The second-order valence-electron chi connectivity index (χ2n) is 10.6. The van der Waals surface area contributed by atoms with Crippen LogP contribution in [0.15, 0.2) is 12.2 Å². The molecule has 0 radical (unpaired) electrons. The van der Waals surface area contributed by atoms with Crippen molar-refractivity contribution < 1.29 is 34.7 Å². The quantitative estimate of drug-likeness (QED) is 0.240. The van der Waals surface area contributed by atoms with Crippen molar-refractivity contribution in [2.75, 3.05) is 6.61 Å². The molecule has 2 saturated carbocycles. The fourth-order valence-corrected chi connectivity index (χ4v) is 6.16. The molecule has 2 aliphatic carbocycles. The van der Waals surface area contributed by atoms with Crippen LogP contribution in [0.4, 0.5) is 0 Å². The van der Waals surface area contributed by atoms with E-state index in [1.54, 1.807) is 0 Å². The highest BCUT2D eigenvalue weighted by molar-refractivity contribution is 5.69. The van der Waals surface area contributed by atoms with Gasteiger partial charge in [0, 0.05) is 18.8 Å². The van der Waals surface area contributed by atoms with E-state index in [2.05, 4.69) is 13.5 Å². The summed E-state index contributed by atoms with van der Waals surface area (Å²) in [5, 5.41) is 44.8. The predicted molar refractivity (Wildman–Crippen MR) is 119 cm³/mol. The molecule has 7 heteroatoms. The van der Waals surface area contributed by atoms with E-state index >= 15 is 0 Å². The normalized spacial score (nSPS) is 43.6. The van der Waals surface area contributed by atoms with Gasteiger partial charge in [-0.2, -0.15) is 0 Å². The highest BCUT2D eigenvalue weighted by atomic mass is 16.7. The Kier molecular flexibility index (Phi) is 7.77. The van der Waals surface area contributed by atoms with Crippen LogP contribution in [-0.4, -0.2) is 62.2 Å². The smallest absolute Gasteiger partial charge is 0.306 e. The highest BCUT2D eigenvalue weighted by Gasteiger charge is 2.72. The lowest BCUT2D eigenvalue weighted by molar-refractivity contribution is -0.332. The van der Waals surface area contributed by atoms with Crippen molar-refractivity contribution in [1.29, 1.82) is 0 Å². The van der Waals surface area contributed by atoms with Crippen molar-refractivity contribution in [2.24, 2.45) is 17.8 Å². The standard InChI is InChI=1S/C25H42O7/c1-5-6-7-8-9-10-11-12-20(27)32-22-21-18(13-19(26)23(22,4)28)16(2)14-24(29)25(21,30)17(3)15-31-24/h16,18-19,21-22,26,28-30H,3,5-15H2,1-2,4H3. The van der Waals surface area contributed by atoms with Crippen LogP contribution in [0.2, 0.25) is 0 Å². The van der Waals surface area contributed by atoms with Crippen molar-refractivity contribution in [2.45, 2.75) is 114 Å². The molecule has 3 aliphatic rings. The summed E-state index contributed by atoms with van der Waals surface area (Å²) in [5.74, 6) is -3.54. The summed E-state index contributed by atoms with van der Waals surface area (Å²) < 4.78 is 11.4. The van der Waals surface area contributed by atoms with Gasteiger partial charge < -0.3 is 29.9 Å². The first-order chi connectivity index (χ1) is 15.0. The molecule has 0 amide bonds. The summed E-state index contributed by atoms with van der Waals surface area (Å²) in [6.45, 7) is 9.44. The Labute approximate surface area is 191 Å². The number of aliphatic hydroxyl groups is 4. The minimum Gasteiger partial charge on any atom is -0.459 e. The van der Waals surface area contributed by atoms with Crippen molar-refractivity contribution in [3.8, 4) is 0 Å². The Morgan fingerprint density at radius 1 is 1.16 bits per heavy atom. The van der Waals surface area contributed by atoms with Gasteiger partial charge >= 0.3 is 5.97 Å². The number of rotatable bonds is 9. The first kappa shape index (κ1) is 25.6. The molecule has 0 aromatic heterocycles. The van der Waals surface area contributed by atoms with Crippen LogP contribution in [0.5, 0.6) is 0 Å². The molecule has 8 atom stereocenters. The van der Waals surface area contributed by atoms with Gasteiger partial charge in [0.05, 0.1) is 12.7 Å². The number of hydrogen-bond acceptors (Lipinski definition) is 7. The van der Waals surface area contributed by atoms with Gasteiger partial charge in [0.25, 0.3) is 0 Å². The third-order valence-electron chi connectivity index (χ3n) is 8.21. The number of fused-ring (bicyclic) bond motifs is 3. The molecule has 1 aliphatic heterocycles. The van der Waals surface area contributed by atoms with Gasteiger partial charge in [0.2, 0.25) is 0 Å². The molecule has 0 aromatic rings. The number of unbranched alkanes of at least 4 members (excludes halogenated alkanes) is 6. The maximum atomic E-state index is 12.7. The number of ether oxygens (including phenoxy) is 2. The summed E-state index contributed by atoms with van der Waals surface area (Å²) in [6, 6.07) is 0. The van der Waals surface area contributed by atoms with Crippen LogP contribution < -0.4 is 0 Å². The maximum Gasteiger partial charge on any atom is 0.306 e. The van der Waals surface area contributed by atoms with Crippen molar-refractivity contribution in [1.82, 2.24) is 0 Å². The van der Waals surface area contributed by atoms with Crippen molar-refractivity contribution >= 4 is 5.97 Å². The lowest BCUT2D eigenvalue weighted by Gasteiger charge is -2.60. The van der Waals surface area contributed by atoms with E-state index in [4.69, 9.17) is 9.47 Å². The van der Waals surface area contributed by atoms with Gasteiger partial charge in [-0.15, -0.1) is 0 Å². The molecule has 1 saturated heterocycles. The Morgan fingerprint density at radius 2 is 1.78 bits per heavy atom. The van der Waals surface area contributed by atoms with E-state index < -0.39 is 41.1 Å². The molecule has 4 N–H and O–H groups in total. The minimum atomic E-state index is -1.86. The number of hydrogen-bond donors (Lipinski definition) is 4. The van der Waals surface area contributed by atoms with Gasteiger partial charge in [-0.05, 0) is 37.2 Å². The lowest BCUT2D eigenvalue weighted by atomic mass is 9.52. The molecule has 0 spiro atoms. The Balaban J connectivity index is 1.75. The van der Waals surface area contributed by atoms with Crippen molar-refractivity contribution in [3.05, 3.63) is 12.2 Å². The average molecular weight is 455 g/mol. The van der Waals surface area contributed by atoms with Crippen LogP contribution in [0, 0.1) is 17.8 Å². The Morgan fingerprint density at radius 3 is 2.44 bits per heavy atom. The number of carbonyl (C=O) groups excluding carboxylic acids is 1. The average Bonchev–Trinajstić information content (AvgIpc) is 2.95. The topological polar surface area (TPSA) is 116 Å². The zero-order chi connectivity index (χ0) is 23.7. The summed E-state index contributed by atoms with van der Waals surface area (Å²) in [4.78, 5) is 12.7. The molecule has 3 fully saturated rings. The lowest BCUT2D eigenvalue weighted by Crippen LogP contribution is -2.73. The first-order valence-electron chi connectivity index (χ1n) is 12.4. The van der Waals surface area contributed by atoms with Gasteiger partial charge in [-0.1, -0.05) is 59.0 Å². The molecular formula is C25H42O7. The fourth-order valence-electron chi connectivity index (χ4n) is 6.16. The Bertz CT molecular complexity index is 692. The summed E-state index contributed by atoms with van der Waals surface area (Å²) >= 11 is 0. The van der Waals surface area contributed by atoms with Crippen LogP contribution in [0.3, 0.4) is 0 Å².